The van der Waals surface area contributed by atoms with Crippen molar-refractivity contribution >= 4 is 11.9 Å². The summed E-state index contributed by atoms with van der Waals surface area (Å²) in [5.74, 6) is -1.53. The summed E-state index contributed by atoms with van der Waals surface area (Å²) < 4.78 is 4.93. The zero-order valence-corrected chi connectivity index (χ0v) is 11.5. The van der Waals surface area contributed by atoms with Crippen LogP contribution < -0.4 is 0 Å². The first-order valence-electron chi connectivity index (χ1n) is 6.70. The molecule has 0 saturated carbocycles. The van der Waals surface area contributed by atoms with Gasteiger partial charge in [0.25, 0.3) is 0 Å². The number of nitrogens with zero attached hydrogens (tertiary/aromatic N) is 1. The number of ether oxygens (including phenoxy) is 1. The van der Waals surface area contributed by atoms with Crippen molar-refractivity contribution < 1.29 is 19.4 Å². The van der Waals surface area contributed by atoms with Crippen molar-refractivity contribution in [1.29, 1.82) is 0 Å². The van der Waals surface area contributed by atoms with Gasteiger partial charge in [0.05, 0.1) is 5.92 Å². The summed E-state index contributed by atoms with van der Waals surface area (Å²) in [6.45, 7) is 1.28. The minimum Gasteiger partial charge on any atom is -0.481 e. The standard InChI is InChI=1S/C15H19NO4/c1-20-8-4-7-14(17)16-9-11-5-2-3-6-12(11)13(10-16)15(18)19/h2-3,5-6,13H,4,7-10H2,1H3,(H,18,19). The zero-order valence-electron chi connectivity index (χ0n) is 11.5. The first-order chi connectivity index (χ1) is 9.63. The van der Waals surface area contributed by atoms with Gasteiger partial charge in [-0.3, -0.25) is 9.59 Å². The number of hydrogen-bond acceptors (Lipinski definition) is 3. The fourth-order valence-corrected chi connectivity index (χ4v) is 2.53. The Labute approximate surface area is 118 Å². The Hall–Kier alpha value is -1.88. The maximum absolute atomic E-state index is 12.1. The van der Waals surface area contributed by atoms with Gasteiger partial charge in [-0.05, 0) is 17.5 Å². The molecular weight excluding hydrogens is 258 g/mol. The molecule has 0 saturated heterocycles. The Bertz CT molecular complexity index is 500. The van der Waals surface area contributed by atoms with E-state index in [1.54, 1.807) is 12.0 Å². The predicted molar refractivity (Wildman–Crippen MR) is 73.3 cm³/mol. The minimum absolute atomic E-state index is 0.0113. The molecule has 0 aliphatic carbocycles. The number of methoxy groups -OCH3 is 1. The van der Waals surface area contributed by atoms with E-state index in [0.717, 1.165) is 11.1 Å². The predicted octanol–water partition coefficient (Wildman–Crippen LogP) is 1.62. The van der Waals surface area contributed by atoms with Gasteiger partial charge in [-0.15, -0.1) is 0 Å². The van der Waals surface area contributed by atoms with Gasteiger partial charge in [-0.25, -0.2) is 0 Å². The van der Waals surface area contributed by atoms with Gasteiger partial charge in [0, 0.05) is 33.2 Å². The van der Waals surface area contributed by atoms with Crippen LogP contribution in [-0.4, -0.2) is 42.1 Å². The number of carboxylic acid groups (broad SMARTS) is 1. The first kappa shape index (κ1) is 14.5. The monoisotopic (exact) mass is 277 g/mol. The van der Waals surface area contributed by atoms with Crippen molar-refractivity contribution in [2.24, 2.45) is 0 Å². The number of carbonyl (C=O) groups excluding carboxylic acids is 1. The molecule has 5 heteroatoms. The third kappa shape index (κ3) is 3.17. The molecule has 0 radical (unpaired) electrons. The molecule has 0 spiro atoms. The topological polar surface area (TPSA) is 66.8 Å². The molecule has 1 aromatic carbocycles. The Morgan fingerprint density at radius 2 is 2.15 bits per heavy atom. The van der Waals surface area contributed by atoms with Crippen LogP contribution in [0.25, 0.3) is 0 Å². The molecule has 0 fully saturated rings. The van der Waals surface area contributed by atoms with E-state index in [2.05, 4.69) is 0 Å². The normalized spacial score (nSPS) is 17.6. The van der Waals surface area contributed by atoms with E-state index in [0.29, 0.717) is 26.0 Å². The van der Waals surface area contributed by atoms with E-state index in [1.165, 1.54) is 0 Å². The lowest BCUT2D eigenvalue weighted by Crippen LogP contribution is -2.40. The number of rotatable bonds is 5. The summed E-state index contributed by atoms with van der Waals surface area (Å²) in [6.07, 6.45) is 1.05. The highest BCUT2D eigenvalue weighted by Crippen LogP contribution is 2.28. The molecule has 1 aliphatic rings. The molecule has 1 heterocycles. The fourth-order valence-electron chi connectivity index (χ4n) is 2.53. The summed E-state index contributed by atoms with van der Waals surface area (Å²) >= 11 is 0. The van der Waals surface area contributed by atoms with Gasteiger partial charge in [0.15, 0.2) is 0 Å². The highest BCUT2D eigenvalue weighted by molar-refractivity contribution is 5.81. The molecule has 2 rings (SSSR count). The van der Waals surface area contributed by atoms with Crippen LogP contribution in [0.3, 0.4) is 0 Å². The van der Waals surface area contributed by atoms with Crippen molar-refractivity contribution in [3.63, 3.8) is 0 Å². The molecule has 108 valence electrons. The second-order valence-electron chi connectivity index (χ2n) is 4.96. The quantitative estimate of drug-likeness (QED) is 0.831. The second kappa shape index (κ2) is 6.52. The highest BCUT2D eigenvalue weighted by Gasteiger charge is 2.31. The molecular formula is C15H19NO4. The van der Waals surface area contributed by atoms with Gasteiger partial charge in [0.2, 0.25) is 5.91 Å². The largest absolute Gasteiger partial charge is 0.481 e. The van der Waals surface area contributed by atoms with Crippen molar-refractivity contribution in [1.82, 2.24) is 4.90 Å². The van der Waals surface area contributed by atoms with E-state index in [9.17, 15) is 14.7 Å². The van der Waals surface area contributed by atoms with Gasteiger partial charge >= 0.3 is 5.97 Å². The Balaban J connectivity index is 2.12. The van der Waals surface area contributed by atoms with E-state index >= 15 is 0 Å². The van der Waals surface area contributed by atoms with Crippen LogP contribution in [0.5, 0.6) is 0 Å². The molecule has 1 unspecified atom stereocenters. The van der Waals surface area contributed by atoms with Crippen LogP contribution >= 0.6 is 0 Å². The second-order valence-corrected chi connectivity index (χ2v) is 4.96. The summed E-state index contributed by atoms with van der Waals surface area (Å²) in [6, 6.07) is 7.43. The van der Waals surface area contributed by atoms with Crippen molar-refractivity contribution in [2.75, 3.05) is 20.3 Å². The summed E-state index contributed by atoms with van der Waals surface area (Å²) in [5, 5.41) is 9.34. The van der Waals surface area contributed by atoms with Crippen LogP contribution in [0.2, 0.25) is 0 Å². The first-order valence-corrected chi connectivity index (χ1v) is 6.70. The van der Waals surface area contributed by atoms with E-state index in [-0.39, 0.29) is 12.5 Å². The molecule has 1 amide bonds. The summed E-state index contributed by atoms with van der Waals surface area (Å²) in [5.41, 5.74) is 1.74. The van der Waals surface area contributed by atoms with E-state index < -0.39 is 11.9 Å². The SMILES string of the molecule is COCCCC(=O)N1Cc2ccccc2C(C(=O)O)C1. The molecule has 1 aromatic rings. The zero-order chi connectivity index (χ0) is 14.5. The van der Waals surface area contributed by atoms with Crippen molar-refractivity contribution in [3.05, 3.63) is 35.4 Å². The van der Waals surface area contributed by atoms with Crippen LogP contribution in [0, 0.1) is 0 Å². The number of amides is 1. The Morgan fingerprint density at radius 1 is 1.40 bits per heavy atom. The lowest BCUT2D eigenvalue weighted by atomic mass is 9.89. The maximum Gasteiger partial charge on any atom is 0.312 e. The number of carbonyl (C=O) groups is 2. The minimum atomic E-state index is -0.883. The molecule has 1 N–H and O–H groups in total. The third-order valence-corrected chi connectivity index (χ3v) is 3.58. The average molecular weight is 277 g/mol. The van der Waals surface area contributed by atoms with Gasteiger partial charge in [0.1, 0.15) is 0 Å². The van der Waals surface area contributed by atoms with Gasteiger partial charge in [-0.1, -0.05) is 24.3 Å². The maximum atomic E-state index is 12.1. The Morgan fingerprint density at radius 3 is 2.85 bits per heavy atom. The summed E-state index contributed by atoms with van der Waals surface area (Å²) in [4.78, 5) is 25.2. The smallest absolute Gasteiger partial charge is 0.312 e. The average Bonchev–Trinajstić information content (AvgIpc) is 2.46. The number of carboxylic acids is 1. The lowest BCUT2D eigenvalue weighted by Gasteiger charge is -2.32. The molecule has 1 atom stereocenters. The van der Waals surface area contributed by atoms with Crippen LogP contribution in [0.4, 0.5) is 0 Å². The van der Waals surface area contributed by atoms with Gasteiger partial charge < -0.3 is 14.7 Å². The number of hydrogen-bond donors (Lipinski definition) is 1. The summed E-state index contributed by atoms with van der Waals surface area (Å²) in [7, 11) is 1.60. The Kier molecular flexibility index (Phi) is 4.74. The van der Waals surface area contributed by atoms with E-state index in [1.807, 2.05) is 24.3 Å². The molecule has 1 aliphatic heterocycles. The fraction of sp³-hybridized carbons (Fsp3) is 0.467. The number of fused-ring (bicyclic) bond motifs is 1. The highest BCUT2D eigenvalue weighted by atomic mass is 16.5. The molecule has 0 bridgehead atoms. The molecule has 20 heavy (non-hydrogen) atoms. The molecule has 5 nitrogen and oxygen atoms in total. The van der Waals surface area contributed by atoms with Crippen LogP contribution in [0.1, 0.15) is 29.9 Å². The van der Waals surface area contributed by atoms with E-state index in [4.69, 9.17) is 4.74 Å². The van der Waals surface area contributed by atoms with Crippen molar-refractivity contribution in [2.45, 2.75) is 25.3 Å². The number of aliphatic carboxylic acids is 1. The third-order valence-electron chi connectivity index (χ3n) is 3.58. The number of benzene rings is 1. The van der Waals surface area contributed by atoms with Crippen LogP contribution in [0.15, 0.2) is 24.3 Å². The molecule has 0 aromatic heterocycles. The van der Waals surface area contributed by atoms with Crippen molar-refractivity contribution in [3.8, 4) is 0 Å². The van der Waals surface area contributed by atoms with Gasteiger partial charge in [-0.2, -0.15) is 0 Å². The van der Waals surface area contributed by atoms with Crippen LogP contribution in [-0.2, 0) is 20.9 Å². The lowest BCUT2D eigenvalue weighted by molar-refractivity contribution is -0.141.